The molecule has 2 aromatic heterocycles. The van der Waals surface area contributed by atoms with Crippen molar-refractivity contribution in [1.82, 2.24) is 14.6 Å². The Hall–Kier alpha value is -1.98. The largest absolute Gasteiger partial charge is 0.386 e. The molecule has 1 N–H and O–H groups in total. The summed E-state index contributed by atoms with van der Waals surface area (Å²) in [4.78, 5) is 0. The molecular formula is C18H17ClFN3O. The summed E-state index contributed by atoms with van der Waals surface area (Å²) < 4.78 is 16.3. The molecule has 0 aliphatic heterocycles. The molecule has 24 heavy (non-hydrogen) atoms. The van der Waals surface area contributed by atoms with Crippen LogP contribution in [0.5, 0.6) is 0 Å². The number of pyridine rings is 1. The molecule has 124 valence electrons. The molecule has 0 amide bonds. The maximum absolute atomic E-state index is 14.5. The predicted octanol–water partition coefficient (Wildman–Crippen LogP) is 3.83. The van der Waals surface area contributed by atoms with Crippen molar-refractivity contribution in [2.75, 3.05) is 0 Å². The summed E-state index contributed by atoms with van der Waals surface area (Å²) >= 11 is 5.88. The number of nitrogens with zero attached hydrogens (tertiary/aromatic N) is 3. The minimum absolute atomic E-state index is 0.324. The minimum atomic E-state index is -1.03. The molecule has 1 aliphatic carbocycles. The Kier molecular flexibility index (Phi) is 3.24. The molecule has 0 unspecified atom stereocenters. The van der Waals surface area contributed by atoms with Crippen LogP contribution < -0.4 is 0 Å². The zero-order valence-corrected chi connectivity index (χ0v) is 14.2. The van der Waals surface area contributed by atoms with Crippen LogP contribution in [0.2, 0.25) is 5.02 Å². The standard InChI is InChI=1S/C18H17ClFN3O/c1-17(2,24)13-4-3-9-23-15(13)21-22-16(23)18(7-8-18)12-6-5-11(19)10-14(12)20/h3-6,9-10,24H,7-8H2,1-2H3. The van der Waals surface area contributed by atoms with Gasteiger partial charge in [-0.3, -0.25) is 4.40 Å². The topological polar surface area (TPSA) is 50.4 Å². The first-order valence-electron chi connectivity index (χ1n) is 7.85. The lowest BCUT2D eigenvalue weighted by Crippen LogP contribution is -2.18. The van der Waals surface area contributed by atoms with Crippen molar-refractivity contribution in [2.45, 2.75) is 37.7 Å². The van der Waals surface area contributed by atoms with E-state index < -0.39 is 11.0 Å². The van der Waals surface area contributed by atoms with E-state index in [4.69, 9.17) is 11.6 Å². The van der Waals surface area contributed by atoms with Gasteiger partial charge in [-0.1, -0.05) is 23.7 Å². The number of fused-ring (bicyclic) bond motifs is 1. The Bertz CT molecular complexity index is 941. The normalized spacial score (nSPS) is 16.5. The van der Waals surface area contributed by atoms with Gasteiger partial charge < -0.3 is 5.11 Å². The highest BCUT2D eigenvalue weighted by Gasteiger charge is 2.51. The number of hydrogen-bond acceptors (Lipinski definition) is 3. The fraction of sp³-hybridized carbons (Fsp3) is 0.333. The lowest BCUT2D eigenvalue weighted by Gasteiger charge is -2.19. The van der Waals surface area contributed by atoms with Gasteiger partial charge in [0.25, 0.3) is 0 Å². The number of aliphatic hydroxyl groups is 1. The van der Waals surface area contributed by atoms with E-state index in [1.54, 1.807) is 26.0 Å². The molecule has 0 bridgehead atoms. The minimum Gasteiger partial charge on any atom is -0.386 e. The van der Waals surface area contributed by atoms with Gasteiger partial charge in [0.2, 0.25) is 0 Å². The third-order valence-electron chi connectivity index (χ3n) is 4.72. The molecule has 0 radical (unpaired) electrons. The highest BCUT2D eigenvalue weighted by atomic mass is 35.5. The number of benzene rings is 1. The van der Waals surface area contributed by atoms with E-state index >= 15 is 0 Å². The SMILES string of the molecule is CC(C)(O)c1cccn2c(C3(c4ccc(Cl)cc4F)CC3)nnc12. The quantitative estimate of drug-likeness (QED) is 0.785. The molecule has 1 aromatic carbocycles. The second-order valence-corrected chi connectivity index (χ2v) is 7.34. The molecular weight excluding hydrogens is 329 g/mol. The fourth-order valence-corrected chi connectivity index (χ4v) is 3.49. The van der Waals surface area contributed by atoms with Crippen LogP contribution in [0.3, 0.4) is 0 Å². The van der Waals surface area contributed by atoms with E-state index in [2.05, 4.69) is 10.2 Å². The molecule has 1 fully saturated rings. The average molecular weight is 346 g/mol. The van der Waals surface area contributed by atoms with Gasteiger partial charge in [0.05, 0.1) is 11.0 Å². The Labute approximate surface area is 143 Å². The van der Waals surface area contributed by atoms with Crippen molar-refractivity contribution in [3.05, 3.63) is 64.3 Å². The van der Waals surface area contributed by atoms with E-state index in [0.717, 1.165) is 12.8 Å². The van der Waals surface area contributed by atoms with Crippen LogP contribution in [-0.4, -0.2) is 19.7 Å². The van der Waals surface area contributed by atoms with Gasteiger partial charge in [0.1, 0.15) is 11.6 Å². The van der Waals surface area contributed by atoms with E-state index in [1.807, 2.05) is 22.7 Å². The van der Waals surface area contributed by atoms with Crippen molar-refractivity contribution in [2.24, 2.45) is 0 Å². The number of hydrogen-bond donors (Lipinski definition) is 1. The van der Waals surface area contributed by atoms with Gasteiger partial charge in [-0.2, -0.15) is 0 Å². The molecule has 0 spiro atoms. The number of halogens is 2. The van der Waals surface area contributed by atoms with Crippen LogP contribution >= 0.6 is 11.6 Å². The lowest BCUT2D eigenvalue weighted by atomic mass is 9.94. The Morgan fingerprint density at radius 2 is 2.00 bits per heavy atom. The first-order chi connectivity index (χ1) is 11.3. The zero-order valence-electron chi connectivity index (χ0n) is 13.4. The van der Waals surface area contributed by atoms with E-state index in [1.165, 1.54) is 6.07 Å². The summed E-state index contributed by atoms with van der Waals surface area (Å²) in [5.41, 5.74) is 0.369. The van der Waals surface area contributed by atoms with Crippen LogP contribution in [0.1, 0.15) is 43.6 Å². The second-order valence-electron chi connectivity index (χ2n) is 6.90. The summed E-state index contributed by atoms with van der Waals surface area (Å²) in [6.45, 7) is 3.42. The van der Waals surface area contributed by atoms with E-state index in [-0.39, 0.29) is 5.82 Å². The highest BCUT2D eigenvalue weighted by Crippen LogP contribution is 2.53. The molecule has 3 aromatic rings. The predicted molar refractivity (Wildman–Crippen MR) is 89.7 cm³/mol. The van der Waals surface area contributed by atoms with Crippen LogP contribution in [0.15, 0.2) is 36.5 Å². The molecule has 6 heteroatoms. The van der Waals surface area contributed by atoms with E-state index in [9.17, 15) is 9.50 Å². The van der Waals surface area contributed by atoms with Crippen molar-refractivity contribution in [3.8, 4) is 0 Å². The van der Waals surface area contributed by atoms with Gasteiger partial charge >= 0.3 is 0 Å². The van der Waals surface area contributed by atoms with Crippen LogP contribution in [-0.2, 0) is 11.0 Å². The van der Waals surface area contributed by atoms with Crippen LogP contribution in [0.4, 0.5) is 4.39 Å². The Morgan fingerprint density at radius 1 is 1.25 bits per heavy atom. The second kappa shape index (κ2) is 5.01. The summed E-state index contributed by atoms with van der Waals surface area (Å²) in [6, 6.07) is 8.44. The third-order valence-corrected chi connectivity index (χ3v) is 4.95. The Balaban J connectivity index is 1.91. The molecule has 0 atom stereocenters. The molecule has 2 heterocycles. The Morgan fingerprint density at radius 3 is 2.62 bits per heavy atom. The molecule has 0 saturated heterocycles. The smallest absolute Gasteiger partial charge is 0.166 e. The average Bonchev–Trinajstić information content (AvgIpc) is 3.17. The molecule has 4 rings (SSSR count). The number of rotatable bonds is 3. The van der Waals surface area contributed by atoms with Gasteiger partial charge in [-0.15, -0.1) is 10.2 Å². The monoisotopic (exact) mass is 345 g/mol. The van der Waals surface area contributed by atoms with Crippen LogP contribution in [0, 0.1) is 5.82 Å². The highest BCUT2D eigenvalue weighted by molar-refractivity contribution is 6.30. The summed E-state index contributed by atoms with van der Waals surface area (Å²) in [6.07, 6.45) is 3.46. The van der Waals surface area contributed by atoms with Crippen molar-refractivity contribution < 1.29 is 9.50 Å². The molecule has 4 nitrogen and oxygen atoms in total. The summed E-state index contributed by atoms with van der Waals surface area (Å²) in [5.74, 6) is 0.375. The molecule has 1 saturated carbocycles. The van der Waals surface area contributed by atoms with E-state index in [0.29, 0.717) is 27.6 Å². The van der Waals surface area contributed by atoms with Gasteiger partial charge in [0.15, 0.2) is 5.65 Å². The van der Waals surface area contributed by atoms with Crippen LogP contribution in [0.25, 0.3) is 5.65 Å². The zero-order chi connectivity index (χ0) is 17.1. The third kappa shape index (κ3) is 2.23. The summed E-state index contributed by atoms with van der Waals surface area (Å²) in [5, 5.41) is 19.3. The van der Waals surface area contributed by atoms with Crippen molar-refractivity contribution in [1.29, 1.82) is 0 Å². The fourth-order valence-electron chi connectivity index (χ4n) is 3.34. The summed E-state index contributed by atoms with van der Waals surface area (Å²) in [7, 11) is 0. The number of aromatic nitrogens is 3. The molecule has 1 aliphatic rings. The first-order valence-corrected chi connectivity index (χ1v) is 8.23. The van der Waals surface area contributed by atoms with Gasteiger partial charge in [-0.05, 0) is 44.9 Å². The van der Waals surface area contributed by atoms with Gasteiger partial charge in [-0.25, -0.2) is 4.39 Å². The van der Waals surface area contributed by atoms with Gasteiger partial charge in [0, 0.05) is 22.3 Å². The lowest BCUT2D eigenvalue weighted by molar-refractivity contribution is 0.0796. The first kappa shape index (κ1) is 15.5. The van der Waals surface area contributed by atoms with Crippen molar-refractivity contribution in [3.63, 3.8) is 0 Å². The maximum atomic E-state index is 14.5. The maximum Gasteiger partial charge on any atom is 0.166 e. The van der Waals surface area contributed by atoms with Crippen molar-refractivity contribution >= 4 is 17.2 Å².